The smallest absolute Gasteiger partial charge is 0.223 e. The van der Waals surface area contributed by atoms with Crippen molar-refractivity contribution in [3.63, 3.8) is 0 Å². The van der Waals surface area contributed by atoms with Crippen LogP contribution in [-0.4, -0.2) is 16.5 Å². The lowest BCUT2D eigenvalue weighted by molar-refractivity contribution is 0.592. The third-order valence-electron chi connectivity index (χ3n) is 2.27. The van der Waals surface area contributed by atoms with Gasteiger partial charge in [0, 0.05) is 12.5 Å². The topological polar surface area (TPSA) is 37.8 Å². The monoisotopic (exact) mass is 195 g/mol. The first kappa shape index (κ1) is 9.37. The lowest BCUT2D eigenvalue weighted by Crippen LogP contribution is -2.06. The summed E-state index contributed by atoms with van der Waals surface area (Å²) in [6, 6.07) is 0. The zero-order chi connectivity index (χ0) is 9.97. The van der Waals surface area contributed by atoms with Gasteiger partial charge in [0.15, 0.2) is 5.82 Å². The maximum atomic E-state index is 13.2. The van der Waals surface area contributed by atoms with Crippen molar-refractivity contribution < 1.29 is 4.39 Å². The highest BCUT2D eigenvalue weighted by molar-refractivity contribution is 5.28. The number of aromatic nitrogens is 2. The predicted molar refractivity (Wildman–Crippen MR) is 52.7 cm³/mol. The summed E-state index contributed by atoms with van der Waals surface area (Å²) in [5.41, 5.74) is 0.582. The Bertz CT molecular complexity index is 323. The molecule has 1 saturated carbocycles. The number of nitrogens with zero attached hydrogens (tertiary/aromatic N) is 2. The maximum Gasteiger partial charge on any atom is 0.223 e. The summed E-state index contributed by atoms with van der Waals surface area (Å²) in [4.78, 5) is 8.06. The Morgan fingerprint density at radius 3 is 3.00 bits per heavy atom. The lowest BCUT2D eigenvalue weighted by atomic mass is 10.3. The molecule has 1 fully saturated rings. The van der Waals surface area contributed by atoms with Crippen LogP contribution in [0, 0.1) is 5.82 Å². The molecule has 1 aliphatic rings. The van der Waals surface area contributed by atoms with Crippen molar-refractivity contribution in [2.45, 2.75) is 32.1 Å². The summed E-state index contributed by atoms with van der Waals surface area (Å²) < 4.78 is 13.2. The molecule has 76 valence electrons. The van der Waals surface area contributed by atoms with Gasteiger partial charge in [0.2, 0.25) is 5.95 Å². The molecule has 1 heterocycles. The molecule has 0 atom stereocenters. The van der Waals surface area contributed by atoms with E-state index < -0.39 is 0 Å². The quantitative estimate of drug-likeness (QED) is 0.801. The van der Waals surface area contributed by atoms with Crippen LogP contribution in [0.3, 0.4) is 0 Å². The summed E-state index contributed by atoms with van der Waals surface area (Å²) >= 11 is 0. The molecular formula is C10H14FN3. The Morgan fingerprint density at radius 2 is 2.36 bits per heavy atom. The van der Waals surface area contributed by atoms with Gasteiger partial charge >= 0.3 is 0 Å². The van der Waals surface area contributed by atoms with Crippen LogP contribution in [-0.2, 0) is 0 Å². The van der Waals surface area contributed by atoms with Gasteiger partial charge in [-0.05, 0) is 19.3 Å². The third-order valence-corrected chi connectivity index (χ3v) is 2.27. The molecule has 14 heavy (non-hydrogen) atoms. The van der Waals surface area contributed by atoms with Crippen molar-refractivity contribution in [1.29, 1.82) is 0 Å². The average molecular weight is 195 g/mol. The van der Waals surface area contributed by atoms with Gasteiger partial charge in [-0.25, -0.2) is 14.4 Å². The highest BCUT2D eigenvalue weighted by Crippen LogP contribution is 2.40. The van der Waals surface area contributed by atoms with Gasteiger partial charge in [0.25, 0.3) is 0 Å². The Balaban J connectivity index is 2.13. The lowest BCUT2D eigenvalue weighted by Gasteiger charge is -2.05. The van der Waals surface area contributed by atoms with Gasteiger partial charge in [-0.1, -0.05) is 6.92 Å². The molecule has 0 amide bonds. The minimum absolute atomic E-state index is 0.269. The van der Waals surface area contributed by atoms with E-state index in [2.05, 4.69) is 22.2 Å². The molecule has 1 aromatic rings. The standard InChI is InChI=1S/C10H14FN3/c1-2-5-12-10-13-6-8(11)9(14-10)7-3-4-7/h6-7H,2-5H2,1H3,(H,12,13,14). The Labute approximate surface area is 82.8 Å². The van der Waals surface area contributed by atoms with Crippen LogP contribution in [0.1, 0.15) is 37.8 Å². The summed E-state index contributed by atoms with van der Waals surface area (Å²) in [6.07, 6.45) is 4.39. The molecule has 0 spiro atoms. The Morgan fingerprint density at radius 1 is 1.57 bits per heavy atom. The minimum Gasteiger partial charge on any atom is -0.354 e. The zero-order valence-corrected chi connectivity index (χ0v) is 8.26. The molecule has 3 nitrogen and oxygen atoms in total. The summed E-state index contributed by atoms with van der Waals surface area (Å²) in [5.74, 6) is 0.616. The number of anilines is 1. The van der Waals surface area contributed by atoms with Crippen molar-refractivity contribution in [2.75, 3.05) is 11.9 Å². The number of hydrogen-bond acceptors (Lipinski definition) is 3. The number of nitrogens with one attached hydrogen (secondary N) is 1. The summed E-state index contributed by atoms with van der Waals surface area (Å²) in [6.45, 7) is 2.90. The normalized spacial score (nSPS) is 15.6. The van der Waals surface area contributed by atoms with E-state index in [0.29, 0.717) is 17.6 Å². The van der Waals surface area contributed by atoms with Crippen molar-refractivity contribution >= 4 is 5.95 Å². The van der Waals surface area contributed by atoms with E-state index in [1.807, 2.05) is 0 Å². The molecule has 1 N–H and O–H groups in total. The number of halogens is 1. The van der Waals surface area contributed by atoms with Crippen LogP contribution in [0.5, 0.6) is 0 Å². The summed E-state index contributed by atoms with van der Waals surface area (Å²) in [7, 11) is 0. The molecule has 0 saturated heterocycles. The van der Waals surface area contributed by atoms with E-state index in [1.165, 1.54) is 6.20 Å². The molecule has 4 heteroatoms. The van der Waals surface area contributed by atoms with E-state index >= 15 is 0 Å². The molecule has 0 bridgehead atoms. The van der Waals surface area contributed by atoms with Crippen molar-refractivity contribution in [3.05, 3.63) is 17.7 Å². The van der Waals surface area contributed by atoms with Crippen LogP contribution in [0.2, 0.25) is 0 Å². The zero-order valence-electron chi connectivity index (χ0n) is 8.26. The van der Waals surface area contributed by atoms with Crippen molar-refractivity contribution in [2.24, 2.45) is 0 Å². The molecule has 0 aromatic carbocycles. The van der Waals surface area contributed by atoms with E-state index in [0.717, 1.165) is 25.8 Å². The van der Waals surface area contributed by atoms with E-state index in [9.17, 15) is 4.39 Å². The van der Waals surface area contributed by atoms with E-state index in [-0.39, 0.29) is 5.82 Å². The second-order valence-electron chi connectivity index (χ2n) is 3.63. The molecule has 1 aromatic heterocycles. The molecule has 0 aliphatic heterocycles. The third kappa shape index (κ3) is 2.00. The molecule has 0 unspecified atom stereocenters. The average Bonchev–Trinajstić information content (AvgIpc) is 3.00. The SMILES string of the molecule is CCCNc1ncc(F)c(C2CC2)n1. The molecule has 1 aliphatic carbocycles. The number of hydrogen-bond donors (Lipinski definition) is 1. The van der Waals surface area contributed by atoms with Crippen LogP contribution in [0.25, 0.3) is 0 Å². The highest BCUT2D eigenvalue weighted by Gasteiger charge is 2.28. The van der Waals surface area contributed by atoms with Crippen LogP contribution in [0.4, 0.5) is 10.3 Å². The fourth-order valence-corrected chi connectivity index (χ4v) is 1.35. The van der Waals surface area contributed by atoms with Gasteiger partial charge in [0.05, 0.1) is 11.9 Å². The van der Waals surface area contributed by atoms with E-state index in [1.54, 1.807) is 0 Å². The minimum atomic E-state index is -0.269. The fourth-order valence-electron chi connectivity index (χ4n) is 1.35. The van der Waals surface area contributed by atoms with Crippen LogP contribution in [0.15, 0.2) is 6.20 Å². The second kappa shape index (κ2) is 3.90. The van der Waals surface area contributed by atoms with Gasteiger partial charge in [0.1, 0.15) is 0 Å². The maximum absolute atomic E-state index is 13.2. The van der Waals surface area contributed by atoms with Crippen LogP contribution < -0.4 is 5.32 Å². The summed E-state index contributed by atoms with van der Waals surface area (Å²) in [5, 5.41) is 3.06. The van der Waals surface area contributed by atoms with Gasteiger partial charge < -0.3 is 5.32 Å². The molecule has 2 rings (SSSR count). The first-order valence-corrected chi connectivity index (χ1v) is 5.07. The van der Waals surface area contributed by atoms with Gasteiger partial charge in [-0.15, -0.1) is 0 Å². The Kier molecular flexibility index (Phi) is 2.61. The first-order valence-electron chi connectivity index (χ1n) is 5.07. The molecular weight excluding hydrogens is 181 g/mol. The predicted octanol–water partition coefficient (Wildman–Crippen LogP) is 2.32. The number of rotatable bonds is 4. The highest BCUT2D eigenvalue weighted by atomic mass is 19.1. The first-order chi connectivity index (χ1) is 6.81. The Hall–Kier alpha value is -1.19. The molecule has 0 radical (unpaired) electrons. The van der Waals surface area contributed by atoms with Crippen molar-refractivity contribution in [3.8, 4) is 0 Å². The fraction of sp³-hybridized carbons (Fsp3) is 0.600. The van der Waals surface area contributed by atoms with Gasteiger partial charge in [-0.2, -0.15) is 0 Å². The largest absolute Gasteiger partial charge is 0.354 e. The van der Waals surface area contributed by atoms with E-state index in [4.69, 9.17) is 0 Å². The van der Waals surface area contributed by atoms with Crippen LogP contribution >= 0.6 is 0 Å². The van der Waals surface area contributed by atoms with Crippen molar-refractivity contribution in [1.82, 2.24) is 9.97 Å². The van der Waals surface area contributed by atoms with Gasteiger partial charge in [-0.3, -0.25) is 0 Å². The second-order valence-corrected chi connectivity index (χ2v) is 3.63.